The molecular formula is C11H9BrO3. The molecule has 0 atom stereocenters. The van der Waals surface area contributed by atoms with Crippen molar-refractivity contribution in [2.24, 2.45) is 0 Å². The first-order valence-electron chi connectivity index (χ1n) is 4.40. The first kappa shape index (κ1) is 10.2. The second-order valence-electron chi connectivity index (χ2n) is 3.21. The summed E-state index contributed by atoms with van der Waals surface area (Å²) in [6.45, 7) is 1.81. The predicted octanol–water partition coefficient (Wildman–Crippen LogP) is 2.87. The number of hydrogen-bond donors (Lipinski definition) is 0. The monoisotopic (exact) mass is 268 g/mol. The highest BCUT2D eigenvalue weighted by Crippen LogP contribution is 2.22. The van der Waals surface area contributed by atoms with E-state index in [1.807, 2.05) is 12.1 Å². The third-order valence-corrected chi connectivity index (χ3v) is 2.55. The Hall–Kier alpha value is -1.29. The summed E-state index contributed by atoms with van der Waals surface area (Å²) in [7, 11) is 1.46. The van der Waals surface area contributed by atoms with Crippen molar-refractivity contribution < 1.29 is 9.15 Å². The third-order valence-electron chi connectivity index (χ3n) is 2.10. The molecular weight excluding hydrogens is 260 g/mol. The van der Waals surface area contributed by atoms with Gasteiger partial charge in [-0.05, 0) is 25.1 Å². The van der Waals surface area contributed by atoms with Crippen LogP contribution in [0.5, 0.6) is 5.75 Å². The fraction of sp³-hybridized carbons (Fsp3) is 0.182. The molecule has 0 aliphatic rings. The first-order valence-corrected chi connectivity index (χ1v) is 5.19. The fourth-order valence-electron chi connectivity index (χ4n) is 1.46. The van der Waals surface area contributed by atoms with E-state index >= 15 is 0 Å². The molecule has 0 saturated heterocycles. The van der Waals surface area contributed by atoms with Crippen LogP contribution in [-0.2, 0) is 0 Å². The van der Waals surface area contributed by atoms with Gasteiger partial charge in [0.1, 0.15) is 5.76 Å². The Morgan fingerprint density at radius 3 is 2.73 bits per heavy atom. The minimum absolute atomic E-state index is 0.230. The highest BCUT2D eigenvalue weighted by atomic mass is 79.9. The van der Waals surface area contributed by atoms with Gasteiger partial charge < -0.3 is 9.15 Å². The molecule has 0 bridgehead atoms. The maximum Gasteiger partial charge on any atom is 0.263 e. The number of rotatable bonds is 1. The molecule has 0 spiro atoms. The van der Waals surface area contributed by atoms with Crippen LogP contribution < -0.4 is 10.2 Å². The second kappa shape index (κ2) is 3.70. The SMILES string of the molecule is COc1cc(Br)cc2cc(C)oc2c1=O. The van der Waals surface area contributed by atoms with E-state index in [0.717, 1.165) is 9.86 Å². The van der Waals surface area contributed by atoms with E-state index in [1.54, 1.807) is 13.0 Å². The molecule has 0 aliphatic heterocycles. The van der Waals surface area contributed by atoms with E-state index < -0.39 is 0 Å². The summed E-state index contributed by atoms with van der Waals surface area (Å²) >= 11 is 3.34. The van der Waals surface area contributed by atoms with Crippen LogP contribution in [0.3, 0.4) is 0 Å². The Bertz CT molecular complexity index is 572. The van der Waals surface area contributed by atoms with Gasteiger partial charge in [0, 0.05) is 9.86 Å². The van der Waals surface area contributed by atoms with Crippen molar-refractivity contribution in [2.45, 2.75) is 6.92 Å². The van der Waals surface area contributed by atoms with E-state index in [1.165, 1.54) is 7.11 Å². The summed E-state index contributed by atoms with van der Waals surface area (Å²) in [5.41, 5.74) is 0.0985. The third kappa shape index (κ3) is 1.77. The average Bonchev–Trinajstić information content (AvgIpc) is 2.50. The number of furan rings is 1. The summed E-state index contributed by atoms with van der Waals surface area (Å²) in [5.74, 6) is 0.980. The number of aryl methyl sites for hydroxylation is 1. The van der Waals surface area contributed by atoms with Gasteiger partial charge in [-0.3, -0.25) is 4.79 Å². The van der Waals surface area contributed by atoms with Crippen molar-refractivity contribution in [2.75, 3.05) is 7.11 Å². The number of hydrogen-bond acceptors (Lipinski definition) is 3. The van der Waals surface area contributed by atoms with Crippen molar-refractivity contribution >= 4 is 26.9 Å². The lowest BCUT2D eigenvalue weighted by Crippen LogP contribution is -2.01. The van der Waals surface area contributed by atoms with Crippen LogP contribution in [0, 0.1) is 6.92 Å². The maximum atomic E-state index is 11.9. The molecule has 0 aliphatic carbocycles. The van der Waals surface area contributed by atoms with Gasteiger partial charge >= 0.3 is 0 Å². The largest absolute Gasteiger partial charge is 0.492 e. The van der Waals surface area contributed by atoms with Gasteiger partial charge in [-0.2, -0.15) is 0 Å². The molecule has 0 radical (unpaired) electrons. The molecule has 15 heavy (non-hydrogen) atoms. The number of methoxy groups -OCH3 is 1. The van der Waals surface area contributed by atoms with Crippen molar-refractivity contribution in [1.82, 2.24) is 0 Å². The van der Waals surface area contributed by atoms with Crippen LogP contribution in [-0.4, -0.2) is 7.11 Å². The summed E-state index contributed by atoms with van der Waals surface area (Å²) in [6, 6.07) is 5.28. The maximum absolute atomic E-state index is 11.9. The van der Waals surface area contributed by atoms with Gasteiger partial charge in [0.2, 0.25) is 0 Å². The van der Waals surface area contributed by atoms with E-state index in [0.29, 0.717) is 11.3 Å². The van der Waals surface area contributed by atoms with Crippen LogP contribution in [0.4, 0.5) is 0 Å². The smallest absolute Gasteiger partial charge is 0.263 e. The summed E-state index contributed by atoms with van der Waals surface area (Å²) < 4.78 is 11.1. The van der Waals surface area contributed by atoms with E-state index in [2.05, 4.69) is 15.9 Å². The lowest BCUT2D eigenvalue weighted by atomic mass is 10.3. The zero-order valence-electron chi connectivity index (χ0n) is 8.33. The second-order valence-corrected chi connectivity index (χ2v) is 4.13. The summed E-state index contributed by atoms with van der Waals surface area (Å²) in [6.07, 6.45) is 0. The lowest BCUT2D eigenvalue weighted by Gasteiger charge is -1.92. The minimum Gasteiger partial charge on any atom is -0.492 e. The standard InChI is InChI=1S/C11H9BrO3/c1-6-3-7-4-8(12)5-9(14-2)10(13)11(7)15-6/h3-5H,1-2H3. The van der Waals surface area contributed by atoms with Crippen LogP contribution >= 0.6 is 15.9 Å². The first-order chi connectivity index (χ1) is 7.11. The van der Waals surface area contributed by atoms with E-state index in [9.17, 15) is 4.79 Å². The molecule has 0 fully saturated rings. The van der Waals surface area contributed by atoms with Gasteiger partial charge in [0.15, 0.2) is 11.3 Å². The Labute approximate surface area is 94.8 Å². The predicted molar refractivity (Wildman–Crippen MR) is 61.5 cm³/mol. The molecule has 0 N–H and O–H groups in total. The zero-order valence-corrected chi connectivity index (χ0v) is 9.92. The normalized spacial score (nSPS) is 10.6. The summed E-state index contributed by atoms with van der Waals surface area (Å²) in [4.78, 5) is 11.9. The average molecular weight is 269 g/mol. The van der Waals surface area contributed by atoms with E-state index in [4.69, 9.17) is 9.15 Å². The van der Waals surface area contributed by atoms with Crippen LogP contribution in [0.2, 0.25) is 0 Å². The Kier molecular flexibility index (Phi) is 2.52. The number of halogens is 1. The molecule has 0 amide bonds. The lowest BCUT2D eigenvalue weighted by molar-refractivity contribution is 0.410. The topological polar surface area (TPSA) is 39.4 Å². The fourth-order valence-corrected chi connectivity index (χ4v) is 1.92. The van der Waals surface area contributed by atoms with Crippen LogP contribution in [0.25, 0.3) is 11.0 Å². The Balaban J connectivity index is 2.98. The molecule has 0 saturated carbocycles. The molecule has 2 aromatic rings. The van der Waals surface area contributed by atoms with Crippen molar-refractivity contribution in [3.8, 4) is 5.75 Å². The molecule has 2 rings (SSSR count). The highest BCUT2D eigenvalue weighted by Gasteiger charge is 2.08. The van der Waals surface area contributed by atoms with Gasteiger partial charge in [-0.15, -0.1) is 0 Å². The molecule has 4 heteroatoms. The van der Waals surface area contributed by atoms with Crippen LogP contribution in [0.1, 0.15) is 5.76 Å². The Morgan fingerprint density at radius 2 is 2.07 bits per heavy atom. The van der Waals surface area contributed by atoms with Gasteiger partial charge in [0.05, 0.1) is 7.11 Å². The van der Waals surface area contributed by atoms with Crippen LogP contribution in [0.15, 0.2) is 31.9 Å². The highest BCUT2D eigenvalue weighted by molar-refractivity contribution is 9.10. The van der Waals surface area contributed by atoms with Crippen molar-refractivity contribution in [1.29, 1.82) is 0 Å². The summed E-state index contributed by atoms with van der Waals surface area (Å²) in [5, 5.41) is 0.771. The van der Waals surface area contributed by atoms with Crippen molar-refractivity contribution in [3.05, 3.63) is 38.7 Å². The molecule has 1 heterocycles. The number of ether oxygens (including phenoxy) is 1. The quantitative estimate of drug-likeness (QED) is 0.799. The zero-order chi connectivity index (χ0) is 11.0. The molecule has 1 aromatic heterocycles. The van der Waals surface area contributed by atoms with Gasteiger partial charge in [-0.25, -0.2) is 0 Å². The van der Waals surface area contributed by atoms with Gasteiger partial charge in [-0.1, -0.05) is 15.9 Å². The van der Waals surface area contributed by atoms with E-state index in [-0.39, 0.29) is 11.2 Å². The molecule has 78 valence electrons. The minimum atomic E-state index is -0.230. The van der Waals surface area contributed by atoms with Crippen molar-refractivity contribution in [3.63, 3.8) is 0 Å². The molecule has 0 unspecified atom stereocenters. The Morgan fingerprint density at radius 1 is 1.33 bits per heavy atom. The van der Waals surface area contributed by atoms with Gasteiger partial charge in [0.25, 0.3) is 5.43 Å². The number of fused-ring (bicyclic) bond motifs is 1. The molecule has 1 aromatic carbocycles. The molecule has 3 nitrogen and oxygen atoms in total.